The Morgan fingerprint density at radius 3 is 2.80 bits per heavy atom. The Morgan fingerprint density at radius 1 is 1.53 bits per heavy atom. The maximum atomic E-state index is 10.5. The van der Waals surface area contributed by atoms with Crippen LogP contribution in [-0.2, 0) is 4.79 Å². The Balaban J connectivity index is 2.80. The lowest BCUT2D eigenvalue weighted by molar-refractivity contribution is -0.108. The van der Waals surface area contributed by atoms with Crippen LogP contribution in [0, 0.1) is 0 Å². The first kappa shape index (κ1) is 11.5. The number of aldehydes is 1. The van der Waals surface area contributed by atoms with Crippen LogP contribution >= 0.6 is 0 Å². The van der Waals surface area contributed by atoms with E-state index < -0.39 is 6.04 Å². The largest absolute Gasteiger partial charge is 0.386 e. The molecule has 0 amide bonds. The van der Waals surface area contributed by atoms with Gasteiger partial charge in [-0.25, -0.2) is 0 Å². The highest BCUT2D eigenvalue weighted by molar-refractivity contribution is 5.70. The first-order chi connectivity index (χ1) is 7.19. The van der Waals surface area contributed by atoms with E-state index in [2.05, 4.69) is 5.32 Å². The van der Waals surface area contributed by atoms with E-state index in [9.17, 15) is 4.79 Å². The number of nitrogens with zero attached hydrogens (tertiary/aromatic N) is 1. The molecule has 0 saturated carbocycles. The number of benzene rings is 1. The molecule has 82 valence electrons. The molecule has 0 heterocycles. The quantitative estimate of drug-likeness (QED) is 0.697. The third-order valence-electron chi connectivity index (χ3n) is 2.24. The molecule has 0 spiro atoms. The third-order valence-corrected chi connectivity index (χ3v) is 2.24. The van der Waals surface area contributed by atoms with Gasteiger partial charge in [-0.1, -0.05) is 12.1 Å². The number of nitrogens with one attached hydrogen (secondary N) is 1. The average molecular weight is 207 g/mol. The van der Waals surface area contributed by atoms with E-state index in [1.807, 2.05) is 43.3 Å². The van der Waals surface area contributed by atoms with Gasteiger partial charge < -0.3 is 20.7 Å². The maximum absolute atomic E-state index is 10.5. The van der Waals surface area contributed by atoms with Crippen molar-refractivity contribution < 1.29 is 4.79 Å². The fourth-order valence-electron chi connectivity index (χ4n) is 1.48. The second-order valence-electron chi connectivity index (χ2n) is 3.45. The molecule has 0 radical (unpaired) electrons. The molecule has 1 atom stereocenters. The molecule has 0 saturated heterocycles. The van der Waals surface area contributed by atoms with E-state index in [-0.39, 0.29) is 0 Å². The number of anilines is 2. The van der Waals surface area contributed by atoms with Gasteiger partial charge in [-0.15, -0.1) is 0 Å². The van der Waals surface area contributed by atoms with Crippen LogP contribution in [0.25, 0.3) is 0 Å². The van der Waals surface area contributed by atoms with Crippen molar-refractivity contribution in [2.24, 2.45) is 5.73 Å². The Bertz CT molecular complexity index is 327. The number of carbonyl (C=O) groups is 1. The molecule has 0 aliphatic rings. The van der Waals surface area contributed by atoms with E-state index in [4.69, 9.17) is 5.73 Å². The van der Waals surface area contributed by atoms with Crippen molar-refractivity contribution in [2.75, 3.05) is 30.9 Å². The zero-order chi connectivity index (χ0) is 11.3. The Kier molecular flexibility index (Phi) is 4.12. The first-order valence-corrected chi connectivity index (χ1v) is 4.88. The molecule has 4 heteroatoms. The summed E-state index contributed by atoms with van der Waals surface area (Å²) in [5, 5.41) is 3.10. The summed E-state index contributed by atoms with van der Waals surface area (Å²) in [7, 11) is 3.78. The van der Waals surface area contributed by atoms with Crippen molar-refractivity contribution in [1.82, 2.24) is 0 Å². The van der Waals surface area contributed by atoms with Gasteiger partial charge in [0.15, 0.2) is 0 Å². The van der Waals surface area contributed by atoms with E-state index >= 15 is 0 Å². The van der Waals surface area contributed by atoms with Crippen LogP contribution in [0.4, 0.5) is 11.4 Å². The van der Waals surface area contributed by atoms with Crippen LogP contribution < -0.4 is 16.0 Å². The molecule has 0 fully saturated rings. The van der Waals surface area contributed by atoms with Crippen LogP contribution in [0.15, 0.2) is 24.3 Å². The lowest BCUT2D eigenvalue weighted by Crippen LogP contribution is -2.36. The smallest absolute Gasteiger partial charge is 0.138 e. The summed E-state index contributed by atoms with van der Waals surface area (Å²) in [6, 6.07) is 7.45. The molecule has 1 rings (SSSR count). The monoisotopic (exact) mass is 207 g/mol. The number of nitrogens with two attached hydrogens (primary N) is 1. The number of hydrogen-bond donors (Lipinski definition) is 2. The van der Waals surface area contributed by atoms with Crippen LogP contribution in [0.1, 0.15) is 0 Å². The zero-order valence-electron chi connectivity index (χ0n) is 9.10. The van der Waals surface area contributed by atoms with Gasteiger partial charge in [-0.05, 0) is 12.1 Å². The van der Waals surface area contributed by atoms with Gasteiger partial charge >= 0.3 is 0 Å². The zero-order valence-corrected chi connectivity index (χ0v) is 9.10. The Hall–Kier alpha value is -1.55. The summed E-state index contributed by atoms with van der Waals surface area (Å²) in [5.74, 6) is 0. The number of hydrogen-bond acceptors (Lipinski definition) is 4. The van der Waals surface area contributed by atoms with Gasteiger partial charge in [0.05, 0.1) is 17.4 Å². The Labute approximate surface area is 90.1 Å². The summed E-state index contributed by atoms with van der Waals surface area (Å²) in [6.07, 6.45) is 0.762. The van der Waals surface area contributed by atoms with Crippen molar-refractivity contribution in [3.05, 3.63) is 24.3 Å². The molecule has 0 aliphatic carbocycles. The summed E-state index contributed by atoms with van der Waals surface area (Å²) < 4.78 is 0. The second-order valence-corrected chi connectivity index (χ2v) is 3.45. The normalized spacial score (nSPS) is 11.9. The fourth-order valence-corrected chi connectivity index (χ4v) is 1.48. The first-order valence-electron chi connectivity index (χ1n) is 4.88. The van der Waals surface area contributed by atoms with Gasteiger partial charge in [-0.3, -0.25) is 0 Å². The van der Waals surface area contributed by atoms with Crippen LogP contribution in [-0.4, -0.2) is 33.0 Å². The van der Waals surface area contributed by atoms with E-state index in [0.717, 1.165) is 17.7 Å². The van der Waals surface area contributed by atoms with E-state index in [0.29, 0.717) is 6.54 Å². The minimum absolute atomic E-state index is 0.445. The van der Waals surface area contributed by atoms with Crippen molar-refractivity contribution in [2.45, 2.75) is 6.04 Å². The average Bonchev–Trinajstić information content (AvgIpc) is 2.28. The topological polar surface area (TPSA) is 58.4 Å². The molecule has 0 aromatic heterocycles. The summed E-state index contributed by atoms with van der Waals surface area (Å²) in [4.78, 5) is 12.4. The lowest BCUT2D eigenvalue weighted by atomic mass is 10.2. The Morgan fingerprint density at radius 2 is 2.20 bits per heavy atom. The summed E-state index contributed by atoms with van der Waals surface area (Å²) >= 11 is 0. The SMILES string of the molecule is CNc1ccccc1N(C)C[C@H](N)C=O. The predicted molar refractivity (Wildman–Crippen MR) is 63.3 cm³/mol. The molecule has 0 bridgehead atoms. The number of carbonyl (C=O) groups excluding carboxylic acids is 1. The molecular weight excluding hydrogens is 190 g/mol. The van der Waals surface area contributed by atoms with Crippen LogP contribution in [0.5, 0.6) is 0 Å². The van der Waals surface area contributed by atoms with Crippen molar-refractivity contribution in [3.63, 3.8) is 0 Å². The summed E-state index contributed by atoms with van der Waals surface area (Å²) in [6.45, 7) is 0.516. The highest BCUT2D eigenvalue weighted by atomic mass is 16.1. The third kappa shape index (κ3) is 2.95. The fraction of sp³-hybridized carbons (Fsp3) is 0.364. The molecule has 0 unspecified atom stereocenters. The van der Waals surface area contributed by atoms with Crippen molar-refractivity contribution in [3.8, 4) is 0 Å². The second kappa shape index (κ2) is 5.36. The molecule has 0 aliphatic heterocycles. The highest BCUT2D eigenvalue weighted by Crippen LogP contribution is 2.23. The molecule has 1 aromatic rings. The molecule has 3 N–H and O–H groups in total. The van der Waals surface area contributed by atoms with E-state index in [1.165, 1.54) is 0 Å². The van der Waals surface area contributed by atoms with Gasteiger partial charge in [0, 0.05) is 20.6 Å². The standard InChI is InChI=1S/C11H17N3O/c1-13-10-5-3-4-6-11(10)14(2)7-9(12)8-15/h3-6,8-9,13H,7,12H2,1-2H3/t9-/m0/s1. The van der Waals surface area contributed by atoms with Crippen LogP contribution in [0.3, 0.4) is 0 Å². The number of likely N-dealkylation sites (N-methyl/N-ethyl adjacent to an activating group) is 1. The van der Waals surface area contributed by atoms with Gasteiger partial charge in [0.2, 0.25) is 0 Å². The van der Waals surface area contributed by atoms with Gasteiger partial charge in [0.25, 0.3) is 0 Å². The van der Waals surface area contributed by atoms with Crippen molar-refractivity contribution >= 4 is 17.7 Å². The summed E-state index contributed by atoms with van der Waals surface area (Å²) in [5.41, 5.74) is 7.64. The molecule has 4 nitrogen and oxygen atoms in total. The van der Waals surface area contributed by atoms with Crippen molar-refractivity contribution in [1.29, 1.82) is 0 Å². The minimum Gasteiger partial charge on any atom is -0.386 e. The highest BCUT2D eigenvalue weighted by Gasteiger charge is 2.08. The number of para-hydroxylation sites is 2. The minimum atomic E-state index is -0.445. The van der Waals surface area contributed by atoms with Gasteiger partial charge in [-0.2, -0.15) is 0 Å². The lowest BCUT2D eigenvalue weighted by Gasteiger charge is -2.23. The predicted octanol–water partition coefficient (Wildman–Crippen LogP) is 0.691. The molecular formula is C11H17N3O. The van der Waals surface area contributed by atoms with Gasteiger partial charge in [0.1, 0.15) is 6.29 Å². The molecule has 15 heavy (non-hydrogen) atoms. The van der Waals surface area contributed by atoms with Crippen LogP contribution in [0.2, 0.25) is 0 Å². The van der Waals surface area contributed by atoms with E-state index in [1.54, 1.807) is 0 Å². The maximum Gasteiger partial charge on any atom is 0.138 e. The number of rotatable bonds is 5. The molecule has 1 aromatic carbocycles.